The Kier molecular flexibility index (Phi) is 4.28. The Labute approximate surface area is 154 Å². The number of nitrogens with zero attached hydrogens (tertiary/aromatic N) is 2. The molecule has 0 radical (unpaired) electrons. The fourth-order valence-corrected chi connectivity index (χ4v) is 3.30. The highest BCUT2D eigenvalue weighted by Crippen LogP contribution is 2.30. The predicted molar refractivity (Wildman–Crippen MR) is 106 cm³/mol. The van der Waals surface area contributed by atoms with E-state index in [1.807, 2.05) is 37.4 Å². The fourth-order valence-electron chi connectivity index (χ4n) is 2.90. The van der Waals surface area contributed by atoms with Crippen LogP contribution < -0.4 is 16.0 Å². The Balaban J connectivity index is 1.68. The number of nitrogens with one attached hydrogen (secondary N) is 3. The normalized spacial score (nSPS) is 13.5. The third kappa shape index (κ3) is 3.30. The SMILES string of the molecule is CNC1=C(Nc2ccc3ncnc(Nc4cccc(Br)c4)c3c2)CC1. The van der Waals surface area contributed by atoms with E-state index < -0.39 is 0 Å². The second-order valence-corrected chi connectivity index (χ2v) is 6.84. The third-order valence-corrected chi connectivity index (χ3v) is 4.80. The molecule has 2 aromatic carbocycles. The lowest BCUT2D eigenvalue weighted by Crippen LogP contribution is -2.21. The first-order valence-corrected chi connectivity index (χ1v) is 8.96. The van der Waals surface area contributed by atoms with Gasteiger partial charge in [0.05, 0.1) is 5.52 Å². The molecule has 0 atom stereocenters. The van der Waals surface area contributed by atoms with E-state index >= 15 is 0 Å². The summed E-state index contributed by atoms with van der Waals surface area (Å²) in [4.78, 5) is 8.80. The molecule has 3 aromatic rings. The summed E-state index contributed by atoms with van der Waals surface area (Å²) in [7, 11) is 1.96. The Morgan fingerprint density at radius 3 is 2.52 bits per heavy atom. The van der Waals surface area contributed by atoms with Gasteiger partial charge in [-0.1, -0.05) is 22.0 Å². The van der Waals surface area contributed by atoms with Gasteiger partial charge in [0, 0.05) is 39.7 Å². The number of rotatable bonds is 5. The van der Waals surface area contributed by atoms with E-state index in [4.69, 9.17) is 0 Å². The number of anilines is 3. The smallest absolute Gasteiger partial charge is 0.141 e. The van der Waals surface area contributed by atoms with Crippen molar-refractivity contribution in [3.8, 4) is 0 Å². The number of aromatic nitrogens is 2. The molecule has 4 rings (SSSR count). The zero-order valence-corrected chi connectivity index (χ0v) is 15.4. The van der Waals surface area contributed by atoms with E-state index in [0.717, 1.165) is 45.4 Å². The number of allylic oxidation sites excluding steroid dienone is 2. The number of hydrogen-bond acceptors (Lipinski definition) is 5. The van der Waals surface area contributed by atoms with Crippen LogP contribution in [0.25, 0.3) is 10.9 Å². The molecule has 0 bridgehead atoms. The van der Waals surface area contributed by atoms with E-state index in [-0.39, 0.29) is 0 Å². The molecule has 3 N–H and O–H groups in total. The van der Waals surface area contributed by atoms with Crippen LogP contribution in [0.1, 0.15) is 12.8 Å². The first-order chi connectivity index (χ1) is 12.2. The maximum Gasteiger partial charge on any atom is 0.141 e. The summed E-state index contributed by atoms with van der Waals surface area (Å²) in [6.07, 6.45) is 3.76. The van der Waals surface area contributed by atoms with Crippen LogP contribution in [-0.4, -0.2) is 17.0 Å². The van der Waals surface area contributed by atoms with Crippen molar-refractivity contribution in [3.05, 3.63) is 64.7 Å². The van der Waals surface area contributed by atoms with Crippen LogP contribution in [0.5, 0.6) is 0 Å². The number of hydrogen-bond donors (Lipinski definition) is 3. The molecule has 0 saturated heterocycles. The van der Waals surface area contributed by atoms with Gasteiger partial charge in [0.15, 0.2) is 0 Å². The zero-order chi connectivity index (χ0) is 17.2. The maximum atomic E-state index is 4.43. The van der Waals surface area contributed by atoms with Crippen LogP contribution in [0.3, 0.4) is 0 Å². The molecule has 6 heteroatoms. The van der Waals surface area contributed by atoms with Crippen LogP contribution in [0.4, 0.5) is 17.2 Å². The quantitative estimate of drug-likeness (QED) is 0.580. The van der Waals surface area contributed by atoms with Gasteiger partial charge in [-0.25, -0.2) is 9.97 Å². The molecule has 25 heavy (non-hydrogen) atoms. The molecule has 0 saturated carbocycles. The van der Waals surface area contributed by atoms with Crippen LogP contribution in [0, 0.1) is 0 Å². The summed E-state index contributed by atoms with van der Waals surface area (Å²) in [6.45, 7) is 0. The highest BCUT2D eigenvalue weighted by atomic mass is 79.9. The minimum atomic E-state index is 0.795. The minimum absolute atomic E-state index is 0.795. The molecule has 0 aliphatic heterocycles. The monoisotopic (exact) mass is 395 g/mol. The van der Waals surface area contributed by atoms with Gasteiger partial charge < -0.3 is 16.0 Å². The average Bonchev–Trinajstić information content (AvgIpc) is 2.60. The molecular weight excluding hydrogens is 378 g/mol. The average molecular weight is 396 g/mol. The molecule has 0 unspecified atom stereocenters. The van der Waals surface area contributed by atoms with Gasteiger partial charge >= 0.3 is 0 Å². The van der Waals surface area contributed by atoms with Crippen molar-refractivity contribution in [1.29, 1.82) is 0 Å². The van der Waals surface area contributed by atoms with Crippen LogP contribution in [-0.2, 0) is 0 Å². The second-order valence-electron chi connectivity index (χ2n) is 5.92. The molecule has 1 aliphatic carbocycles. The van der Waals surface area contributed by atoms with Gasteiger partial charge in [-0.05, 0) is 49.2 Å². The van der Waals surface area contributed by atoms with Crippen molar-refractivity contribution in [1.82, 2.24) is 15.3 Å². The fraction of sp³-hybridized carbons (Fsp3) is 0.158. The summed E-state index contributed by atoms with van der Waals surface area (Å²) >= 11 is 3.50. The molecule has 0 fully saturated rings. The van der Waals surface area contributed by atoms with Crippen LogP contribution in [0.2, 0.25) is 0 Å². The van der Waals surface area contributed by atoms with Crippen molar-refractivity contribution in [2.45, 2.75) is 12.8 Å². The number of halogens is 1. The molecule has 0 amide bonds. The summed E-state index contributed by atoms with van der Waals surface area (Å²) in [5.74, 6) is 0.795. The molecule has 0 spiro atoms. The molecular formula is C19H18BrN5. The summed E-state index contributed by atoms with van der Waals surface area (Å²) < 4.78 is 1.02. The largest absolute Gasteiger partial charge is 0.390 e. The van der Waals surface area contributed by atoms with Crippen molar-refractivity contribution in [3.63, 3.8) is 0 Å². The molecule has 5 nitrogen and oxygen atoms in total. The Bertz CT molecular complexity index is 967. The Morgan fingerprint density at radius 1 is 0.920 bits per heavy atom. The molecule has 1 aliphatic rings. The molecule has 1 aromatic heterocycles. The third-order valence-electron chi connectivity index (χ3n) is 4.31. The first-order valence-electron chi connectivity index (χ1n) is 8.17. The highest BCUT2D eigenvalue weighted by Gasteiger charge is 2.16. The predicted octanol–water partition coefficient (Wildman–Crippen LogP) is 4.77. The standard InChI is InChI=1S/C19H18BrN5/c1-21-17-7-8-18(17)24-14-5-6-16-15(10-14)19(23-11-22-16)25-13-4-2-3-12(20)9-13/h2-6,9-11,21,24H,7-8H2,1H3,(H,22,23,25). The van der Waals surface area contributed by atoms with Crippen molar-refractivity contribution < 1.29 is 0 Å². The summed E-state index contributed by atoms with van der Waals surface area (Å²) in [5, 5.41) is 11.1. The second kappa shape index (κ2) is 6.72. The Morgan fingerprint density at radius 2 is 1.76 bits per heavy atom. The van der Waals surface area contributed by atoms with E-state index in [9.17, 15) is 0 Å². The highest BCUT2D eigenvalue weighted by molar-refractivity contribution is 9.10. The van der Waals surface area contributed by atoms with Crippen molar-refractivity contribution >= 4 is 44.0 Å². The van der Waals surface area contributed by atoms with E-state index in [0.29, 0.717) is 0 Å². The van der Waals surface area contributed by atoms with Gasteiger partial charge in [0.2, 0.25) is 0 Å². The van der Waals surface area contributed by atoms with Crippen molar-refractivity contribution in [2.75, 3.05) is 17.7 Å². The summed E-state index contributed by atoms with van der Waals surface area (Å²) in [6, 6.07) is 14.2. The molecule has 126 valence electrons. The van der Waals surface area contributed by atoms with Gasteiger partial charge in [-0.2, -0.15) is 0 Å². The number of benzene rings is 2. The summed E-state index contributed by atoms with van der Waals surface area (Å²) in [5.41, 5.74) is 5.46. The minimum Gasteiger partial charge on any atom is -0.390 e. The number of fused-ring (bicyclic) bond motifs is 1. The zero-order valence-electron chi connectivity index (χ0n) is 13.8. The topological polar surface area (TPSA) is 61.9 Å². The van der Waals surface area contributed by atoms with Gasteiger partial charge in [0.25, 0.3) is 0 Å². The Hall–Kier alpha value is -2.60. The van der Waals surface area contributed by atoms with E-state index in [1.165, 1.54) is 11.4 Å². The van der Waals surface area contributed by atoms with E-state index in [2.05, 4.69) is 54.0 Å². The van der Waals surface area contributed by atoms with Gasteiger partial charge in [0.1, 0.15) is 12.1 Å². The molecule has 1 heterocycles. The maximum absolute atomic E-state index is 4.43. The van der Waals surface area contributed by atoms with Gasteiger partial charge in [-0.3, -0.25) is 0 Å². The van der Waals surface area contributed by atoms with Crippen LogP contribution in [0.15, 0.2) is 64.7 Å². The van der Waals surface area contributed by atoms with Crippen molar-refractivity contribution in [2.24, 2.45) is 0 Å². The first kappa shape index (κ1) is 15.9. The van der Waals surface area contributed by atoms with Gasteiger partial charge in [-0.15, -0.1) is 0 Å². The lowest BCUT2D eigenvalue weighted by molar-refractivity contribution is 0.721. The lowest BCUT2D eigenvalue weighted by Gasteiger charge is -2.25. The van der Waals surface area contributed by atoms with E-state index in [1.54, 1.807) is 6.33 Å². The lowest BCUT2D eigenvalue weighted by atomic mass is 10.0. The van der Waals surface area contributed by atoms with Crippen LogP contribution >= 0.6 is 15.9 Å².